The Morgan fingerprint density at radius 1 is 1.22 bits per heavy atom. The van der Waals surface area contributed by atoms with Crippen LogP contribution in [0.5, 0.6) is 0 Å². The summed E-state index contributed by atoms with van der Waals surface area (Å²) in [5, 5.41) is 2.54. The lowest BCUT2D eigenvalue weighted by Crippen LogP contribution is -2.47. The Balaban J connectivity index is 2.56. The number of ether oxygens (including phenoxy) is 2. The summed E-state index contributed by atoms with van der Waals surface area (Å²) in [7, 11) is 1.26. The van der Waals surface area contributed by atoms with E-state index in [1.54, 1.807) is 24.3 Å². The second-order valence-corrected chi connectivity index (χ2v) is 5.95. The molecule has 0 bridgehead atoms. The topological polar surface area (TPSA) is 81.7 Å². The van der Waals surface area contributed by atoms with Gasteiger partial charge in [0.2, 0.25) is 0 Å². The van der Waals surface area contributed by atoms with Crippen LogP contribution >= 0.6 is 15.9 Å². The van der Waals surface area contributed by atoms with E-state index in [1.807, 2.05) is 13.8 Å². The van der Waals surface area contributed by atoms with Gasteiger partial charge >= 0.3 is 11.9 Å². The molecule has 1 aromatic carbocycles. The largest absolute Gasteiger partial charge is 0.467 e. The maximum atomic E-state index is 11.9. The Morgan fingerprint density at radius 2 is 1.83 bits per heavy atom. The van der Waals surface area contributed by atoms with Crippen LogP contribution in [0.3, 0.4) is 0 Å². The van der Waals surface area contributed by atoms with Gasteiger partial charge in [-0.1, -0.05) is 36.2 Å². The van der Waals surface area contributed by atoms with Gasteiger partial charge in [-0.05, 0) is 30.2 Å². The van der Waals surface area contributed by atoms with Crippen LogP contribution in [-0.4, -0.2) is 37.6 Å². The van der Waals surface area contributed by atoms with Gasteiger partial charge in [-0.15, -0.1) is 0 Å². The SMILES string of the molecule is CC[C@H](C)[C@@H](NC(=O)COC(=O)c1ccc(Br)cc1)C(=O)OC. The number of carbonyl (C=O) groups is 3. The van der Waals surface area contributed by atoms with Crippen LogP contribution in [0, 0.1) is 5.92 Å². The summed E-state index contributed by atoms with van der Waals surface area (Å²) in [4.78, 5) is 35.4. The number of methoxy groups -OCH3 is 1. The van der Waals surface area contributed by atoms with Crippen LogP contribution in [0.25, 0.3) is 0 Å². The van der Waals surface area contributed by atoms with E-state index in [9.17, 15) is 14.4 Å². The van der Waals surface area contributed by atoms with E-state index < -0.39 is 30.5 Å². The van der Waals surface area contributed by atoms with Gasteiger partial charge in [0, 0.05) is 4.47 Å². The molecule has 1 rings (SSSR count). The summed E-state index contributed by atoms with van der Waals surface area (Å²) in [6.07, 6.45) is 0.693. The number of carbonyl (C=O) groups excluding carboxylic acids is 3. The first-order chi connectivity index (χ1) is 10.9. The number of halogens is 1. The summed E-state index contributed by atoms with van der Waals surface area (Å²) < 4.78 is 10.4. The molecule has 126 valence electrons. The Morgan fingerprint density at radius 3 is 2.35 bits per heavy atom. The molecule has 1 aromatic rings. The van der Waals surface area contributed by atoms with Gasteiger partial charge in [0.15, 0.2) is 6.61 Å². The monoisotopic (exact) mass is 385 g/mol. The Bertz CT molecular complexity index is 558. The van der Waals surface area contributed by atoms with Crippen molar-refractivity contribution in [1.82, 2.24) is 5.32 Å². The van der Waals surface area contributed by atoms with Crippen LogP contribution < -0.4 is 5.32 Å². The molecule has 0 unspecified atom stereocenters. The molecule has 0 aromatic heterocycles. The lowest BCUT2D eigenvalue weighted by Gasteiger charge is -2.21. The molecule has 0 fully saturated rings. The van der Waals surface area contributed by atoms with E-state index in [2.05, 4.69) is 26.0 Å². The highest BCUT2D eigenvalue weighted by molar-refractivity contribution is 9.10. The lowest BCUT2D eigenvalue weighted by molar-refractivity contribution is -0.147. The molecule has 0 aliphatic heterocycles. The third kappa shape index (κ3) is 6.02. The molecule has 7 heteroatoms. The minimum absolute atomic E-state index is 0.0893. The van der Waals surface area contributed by atoms with Crippen molar-refractivity contribution in [2.24, 2.45) is 5.92 Å². The second-order valence-electron chi connectivity index (χ2n) is 5.04. The van der Waals surface area contributed by atoms with Gasteiger partial charge in [-0.25, -0.2) is 9.59 Å². The molecule has 0 radical (unpaired) electrons. The van der Waals surface area contributed by atoms with E-state index in [4.69, 9.17) is 4.74 Å². The zero-order valence-corrected chi connectivity index (χ0v) is 14.9. The van der Waals surface area contributed by atoms with E-state index in [1.165, 1.54) is 7.11 Å². The van der Waals surface area contributed by atoms with Crippen molar-refractivity contribution >= 4 is 33.8 Å². The summed E-state index contributed by atoms with van der Waals surface area (Å²) in [6.45, 7) is 3.27. The quantitative estimate of drug-likeness (QED) is 0.728. The summed E-state index contributed by atoms with van der Waals surface area (Å²) in [5.74, 6) is -1.77. The molecule has 0 aliphatic carbocycles. The van der Waals surface area contributed by atoms with E-state index in [0.717, 1.165) is 4.47 Å². The molecule has 0 spiro atoms. The first-order valence-electron chi connectivity index (χ1n) is 7.18. The van der Waals surface area contributed by atoms with E-state index in [0.29, 0.717) is 12.0 Å². The maximum absolute atomic E-state index is 11.9. The average molecular weight is 386 g/mol. The van der Waals surface area contributed by atoms with E-state index >= 15 is 0 Å². The van der Waals surface area contributed by atoms with Crippen molar-refractivity contribution in [3.8, 4) is 0 Å². The first kappa shape index (κ1) is 19.2. The van der Waals surface area contributed by atoms with Gasteiger partial charge in [0.05, 0.1) is 12.7 Å². The summed E-state index contributed by atoms with van der Waals surface area (Å²) >= 11 is 3.26. The average Bonchev–Trinajstić information content (AvgIpc) is 2.56. The van der Waals surface area contributed by atoms with Crippen molar-refractivity contribution < 1.29 is 23.9 Å². The molecule has 0 aliphatic rings. The molecule has 1 N–H and O–H groups in total. The van der Waals surface area contributed by atoms with Crippen LogP contribution in [0.1, 0.15) is 30.6 Å². The normalized spacial score (nSPS) is 12.9. The minimum Gasteiger partial charge on any atom is -0.467 e. The third-order valence-electron chi connectivity index (χ3n) is 3.40. The fourth-order valence-electron chi connectivity index (χ4n) is 1.81. The molecular formula is C16H20BrNO5. The Kier molecular flexibility index (Phi) is 7.74. The number of nitrogens with one attached hydrogen (secondary N) is 1. The molecule has 6 nitrogen and oxygen atoms in total. The standard InChI is InChI=1S/C16H20BrNO5/c1-4-10(2)14(16(21)22-3)18-13(19)9-23-15(20)11-5-7-12(17)8-6-11/h5-8,10,14H,4,9H2,1-3H3,(H,18,19)/t10-,14+/m0/s1. The van der Waals surface area contributed by atoms with Crippen LogP contribution in [-0.2, 0) is 19.1 Å². The van der Waals surface area contributed by atoms with Crippen molar-refractivity contribution in [2.75, 3.05) is 13.7 Å². The number of hydrogen-bond acceptors (Lipinski definition) is 5. The predicted molar refractivity (Wildman–Crippen MR) is 87.8 cm³/mol. The van der Waals surface area contributed by atoms with Gasteiger partial charge < -0.3 is 14.8 Å². The van der Waals surface area contributed by atoms with Crippen LogP contribution in [0.15, 0.2) is 28.7 Å². The molecule has 23 heavy (non-hydrogen) atoms. The highest BCUT2D eigenvalue weighted by Crippen LogP contribution is 2.12. The number of benzene rings is 1. The molecule has 0 saturated heterocycles. The fourth-order valence-corrected chi connectivity index (χ4v) is 2.08. The van der Waals surface area contributed by atoms with Gasteiger partial charge in [0.25, 0.3) is 5.91 Å². The molecule has 1 amide bonds. The highest BCUT2D eigenvalue weighted by Gasteiger charge is 2.26. The number of amides is 1. The van der Waals surface area contributed by atoms with Crippen molar-refractivity contribution in [3.05, 3.63) is 34.3 Å². The van der Waals surface area contributed by atoms with E-state index in [-0.39, 0.29) is 5.92 Å². The van der Waals surface area contributed by atoms with Gasteiger partial charge in [-0.3, -0.25) is 4.79 Å². The zero-order valence-electron chi connectivity index (χ0n) is 13.3. The molecule has 2 atom stereocenters. The molecule has 0 saturated carbocycles. The number of rotatable bonds is 7. The summed E-state index contributed by atoms with van der Waals surface area (Å²) in [5.41, 5.74) is 0.340. The van der Waals surface area contributed by atoms with Crippen LogP contribution in [0.4, 0.5) is 0 Å². The van der Waals surface area contributed by atoms with Crippen molar-refractivity contribution in [1.29, 1.82) is 0 Å². The highest BCUT2D eigenvalue weighted by atomic mass is 79.9. The fraction of sp³-hybridized carbons (Fsp3) is 0.438. The predicted octanol–water partition coefficient (Wildman–Crippen LogP) is 2.31. The van der Waals surface area contributed by atoms with Crippen molar-refractivity contribution in [2.45, 2.75) is 26.3 Å². The van der Waals surface area contributed by atoms with Gasteiger partial charge in [-0.2, -0.15) is 0 Å². The lowest BCUT2D eigenvalue weighted by atomic mass is 9.99. The number of esters is 2. The van der Waals surface area contributed by atoms with Crippen molar-refractivity contribution in [3.63, 3.8) is 0 Å². The molecule has 0 heterocycles. The smallest absolute Gasteiger partial charge is 0.338 e. The first-order valence-corrected chi connectivity index (χ1v) is 7.98. The Hall–Kier alpha value is -1.89. The number of hydrogen-bond donors (Lipinski definition) is 1. The second kappa shape index (κ2) is 9.29. The minimum atomic E-state index is -0.760. The summed E-state index contributed by atoms with van der Waals surface area (Å²) in [6, 6.07) is 5.81. The molecular weight excluding hydrogens is 366 g/mol. The van der Waals surface area contributed by atoms with Gasteiger partial charge in [0.1, 0.15) is 6.04 Å². The zero-order chi connectivity index (χ0) is 17.4. The third-order valence-corrected chi connectivity index (χ3v) is 3.93. The van der Waals surface area contributed by atoms with Crippen LogP contribution in [0.2, 0.25) is 0 Å². The maximum Gasteiger partial charge on any atom is 0.338 e. The Labute approximate surface area is 143 Å².